The van der Waals surface area contributed by atoms with Crippen LogP contribution in [-0.4, -0.2) is 49.1 Å². The van der Waals surface area contributed by atoms with Crippen LogP contribution < -0.4 is 5.32 Å². The fourth-order valence-electron chi connectivity index (χ4n) is 5.08. The van der Waals surface area contributed by atoms with Crippen LogP contribution in [0.25, 0.3) is 0 Å². The molecule has 2 aromatic carbocycles. The number of halogens is 1. The Bertz CT molecular complexity index is 1140. The summed E-state index contributed by atoms with van der Waals surface area (Å²) >= 11 is 3.36. The van der Waals surface area contributed by atoms with Gasteiger partial charge in [-0.15, -0.1) is 0 Å². The molecule has 2 aromatic rings. The van der Waals surface area contributed by atoms with Crippen LogP contribution in [0.15, 0.2) is 46.9 Å². The van der Waals surface area contributed by atoms with Gasteiger partial charge in [0.25, 0.3) is 0 Å². The van der Waals surface area contributed by atoms with Gasteiger partial charge in [0.1, 0.15) is 17.0 Å². The number of phenols is 2. The molecule has 4 unspecified atom stereocenters. The number of likely N-dealkylation sites (tertiary alicyclic amines) is 1. The fourth-order valence-corrected chi connectivity index (χ4v) is 5.46. The summed E-state index contributed by atoms with van der Waals surface area (Å²) in [5.74, 6) is -4.55. The molecule has 2 saturated heterocycles. The summed E-state index contributed by atoms with van der Waals surface area (Å²) in [6, 6.07) is 9.88. The molecular weight excluding hydrogens is 492 g/mol. The van der Waals surface area contributed by atoms with Gasteiger partial charge in [0, 0.05) is 28.0 Å². The third-order valence-electron chi connectivity index (χ3n) is 6.45. The minimum atomic E-state index is -1.80. The number of aromatic hydroxyl groups is 2. The van der Waals surface area contributed by atoms with Crippen molar-refractivity contribution >= 4 is 33.7 Å². The minimum Gasteiger partial charge on any atom is -0.508 e. The number of nitrogens with one attached hydrogen (secondary N) is 1. The Labute approximate surface area is 199 Å². The van der Waals surface area contributed by atoms with E-state index in [1.807, 2.05) is 0 Å². The Morgan fingerprint density at radius 1 is 1.09 bits per heavy atom. The van der Waals surface area contributed by atoms with Crippen molar-refractivity contribution in [2.75, 3.05) is 0 Å². The fraction of sp³-hybridized carbons (Fsp3) is 0.375. The number of fused-ring (bicyclic) bond motifs is 1. The number of imide groups is 1. The zero-order valence-corrected chi connectivity index (χ0v) is 20.0. The third-order valence-corrected chi connectivity index (χ3v) is 6.94. The van der Waals surface area contributed by atoms with Gasteiger partial charge in [0.05, 0.1) is 11.8 Å². The van der Waals surface area contributed by atoms with E-state index in [2.05, 4.69) is 21.2 Å². The Morgan fingerprint density at radius 3 is 2.30 bits per heavy atom. The predicted octanol–water partition coefficient (Wildman–Crippen LogP) is 2.97. The highest BCUT2D eigenvalue weighted by Gasteiger charge is 2.69. The first-order chi connectivity index (χ1) is 15.4. The van der Waals surface area contributed by atoms with E-state index in [4.69, 9.17) is 0 Å². The molecular formula is C24H25BrN2O6. The molecule has 174 valence electrons. The second kappa shape index (κ2) is 7.85. The molecule has 0 aromatic heterocycles. The Morgan fingerprint density at radius 2 is 1.73 bits per heavy atom. The molecule has 8 nitrogen and oxygen atoms in total. The van der Waals surface area contributed by atoms with Crippen molar-refractivity contribution in [3.63, 3.8) is 0 Å². The molecule has 0 bridgehead atoms. The molecule has 4 atom stereocenters. The quantitative estimate of drug-likeness (QED) is 0.460. The molecule has 0 saturated carbocycles. The summed E-state index contributed by atoms with van der Waals surface area (Å²) in [5.41, 5.74) is -1.72. The second-order valence-electron chi connectivity index (χ2n) is 9.63. The van der Waals surface area contributed by atoms with Crippen molar-refractivity contribution in [2.24, 2.45) is 11.8 Å². The second-order valence-corrected chi connectivity index (χ2v) is 10.5. The van der Waals surface area contributed by atoms with Crippen molar-refractivity contribution in [1.82, 2.24) is 10.2 Å². The van der Waals surface area contributed by atoms with E-state index in [0.29, 0.717) is 15.6 Å². The molecule has 2 heterocycles. The van der Waals surface area contributed by atoms with Gasteiger partial charge in [0.15, 0.2) is 0 Å². The van der Waals surface area contributed by atoms with Crippen LogP contribution in [-0.2, 0) is 20.8 Å². The summed E-state index contributed by atoms with van der Waals surface area (Å²) in [4.78, 5) is 41.2. The zero-order valence-electron chi connectivity index (χ0n) is 18.4. The van der Waals surface area contributed by atoms with Gasteiger partial charge in [-0.2, -0.15) is 0 Å². The van der Waals surface area contributed by atoms with Crippen LogP contribution in [0.1, 0.15) is 37.9 Å². The van der Waals surface area contributed by atoms with Gasteiger partial charge in [-0.25, -0.2) is 0 Å². The van der Waals surface area contributed by atoms with Crippen LogP contribution in [0.4, 0.5) is 0 Å². The molecule has 9 heteroatoms. The van der Waals surface area contributed by atoms with Crippen LogP contribution in [0.3, 0.4) is 0 Å². The number of carbonyl (C=O) groups is 3. The molecule has 0 aliphatic carbocycles. The molecule has 2 aliphatic rings. The number of hydrogen-bond acceptors (Lipinski definition) is 6. The highest BCUT2D eigenvalue weighted by Crippen LogP contribution is 2.52. The first-order valence-electron chi connectivity index (χ1n) is 10.5. The first kappa shape index (κ1) is 23.3. The van der Waals surface area contributed by atoms with E-state index in [1.165, 1.54) is 18.2 Å². The number of amides is 2. The van der Waals surface area contributed by atoms with Crippen LogP contribution in [0, 0.1) is 11.8 Å². The number of hydrogen-bond donors (Lipinski definition) is 4. The van der Waals surface area contributed by atoms with Gasteiger partial charge in [-0.3, -0.25) is 24.6 Å². The van der Waals surface area contributed by atoms with E-state index >= 15 is 0 Å². The van der Waals surface area contributed by atoms with E-state index in [-0.39, 0.29) is 17.9 Å². The molecule has 33 heavy (non-hydrogen) atoms. The molecule has 0 radical (unpaired) electrons. The molecule has 2 amide bonds. The van der Waals surface area contributed by atoms with E-state index < -0.39 is 46.7 Å². The summed E-state index contributed by atoms with van der Waals surface area (Å²) in [6.45, 7) is 5.18. The first-order valence-corrected chi connectivity index (χ1v) is 11.3. The molecule has 2 aliphatic heterocycles. The Hall–Kier alpha value is -2.91. The normalized spacial score (nSPS) is 27.2. The number of benzene rings is 2. The van der Waals surface area contributed by atoms with E-state index in [9.17, 15) is 29.7 Å². The Kier molecular flexibility index (Phi) is 5.53. The Balaban J connectivity index is 1.91. The smallest absolute Gasteiger partial charge is 0.325 e. The van der Waals surface area contributed by atoms with Crippen molar-refractivity contribution in [1.29, 1.82) is 0 Å². The average molecular weight is 517 g/mol. The average Bonchev–Trinajstić information content (AvgIpc) is 3.20. The molecule has 4 N–H and O–H groups in total. The predicted molar refractivity (Wildman–Crippen MR) is 122 cm³/mol. The van der Waals surface area contributed by atoms with Gasteiger partial charge >= 0.3 is 5.97 Å². The lowest BCUT2D eigenvalue weighted by molar-refractivity contribution is -0.153. The number of nitrogens with zero attached hydrogens (tertiary/aromatic N) is 1. The number of carboxylic acid groups (broad SMARTS) is 1. The highest BCUT2D eigenvalue weighted by atomic mass is 79.9. The maximum absolute atomic E-state index is 13.6. The zero-order chi connectivity index (χ0) is 24.3. The van der Waals surface area contributed by atoms with Gasteiger partial charge in [-0.1, -0.05) is 28.1 Å². The number of aliphatic carboxylic acids is 1. The van der Waals surface area contributed by atoms with E-state index in [0.717, 1.165) is 4.90 Å². The molecule has 2 fully saturated rings. The van der Waals surface area contributed by atoms with Crippen LogP contribution in [0.5, 0.6) is 11.5 Å². The van der Waals surface area contributed by atoms with Gasteiger partial charge in [-0.05, 0) is 56.7 Å². The number of phenolic OH excluding ortho intramolecular Hbond substituents is 2. The van der Waals surface area contributed by atoms with Crippen molar-refractivity contribution in [2.45, 2.75) is 44.3 Å². The SMILES string of the molecule is CC(C)(C)N1C(=O)C2C(c3cc(Br)ccc3O)NC(Cc3ccc(O)cc3)(C(=O)O)C2C1=O. The third kappa shape index (κ3) is 3.69. The summed E-state index contributed by atoms with van der Waals surface area (Å²) in [7, 11) is 0. The van der Waals surface area contributed by atoms with Crippen molar-refractivity contribution < 1.29 is 29.7 Å². The largest absolute Gasteiger partial charge is 0.508 e. The van der Waals surface area contributed by atoms with Gasteiger partial charge < -0.3 is 15.3 Å². The minimum absolute atomic E-state index is 0.0309. The van der Waals surface area contributed by atoms with Crippen molar-refractivity contribution in [3.05, 3.63) is 58.1 Å². The number of carboxylic acids is 1. The van der Waals surface area contributed by atoms with E-state index in [1.54, 1.807) is 45.0 Å². The standard InChI is InChI=1S/C24H25BrN2O6/c1-23(2,3)27-20(30)17-18(21(27)31)24(22(32)33,11-12-4-7-14(28)8-5-12)26-19(17)15-10-13(25)6-9-16(15)29/h4-10,17-19,26,28-29H,11H2,1-3H3,(H,32,33). The lowest BCUT2D eigenvalue weighted by atomic mass is 9.76. The summed E-state index contributed by atoms with van der Waals surface area (Å²) < 4.78 is 0.643. The number of rotatable bonds is 4. The maximum atomic E-state index is 13.6. The van der Waals surface area contributed by atoms with Gasteiger partial charge in [0.2, 0.25) is 11.8 Å². The van der Waals surface area contributed by atoms with Crippen LogP contribution >= 0.6 is 15.9 Å². The number of carbonyl (C=O) groups excluding carboxylic acids is 2. The molecule has 0 spiro atoms. The lowest BCUT2D eigenvalue weighted by Crippen LogP contribution is -2.58. The topological polar surface area (TPSA) is 127 Å². The van der Waals surface area contributed by atoms with Crippen molar-refractivity contribution in [3.8, 4) is 11.5 Å². The van der Waals surface area contributed by atoms with Crippen LogP contribution in [0.2, 0.25) is 0 Å². The maximum Gasteiger partial charge on any atom is 0.325 e. The highest BCUT2D eigenvalue weighted by molar-refractivity contribution is 9.10. The summed E-state index contributed by atoms with van der Waals surface area (Å²) in [5, 5.41) is 33.7. The molecule has 4 rings (SSSR count). The summed E-state index contributed by atoms with van der Waals surface area (Å²) in [6.07, 6.45) is -0.0912. The lowest BCUT2D eigenvalue weighted by Gasteiger charge is -2.35. The monoisotopic (exact) mass is 516 g/mol.